The molecule has 2 aliphatic carbocycles. The van der Waals surface area contributed by atoms with Crippen LogP contribution in [0.3, 0.4) is 0 Å². The molecule has 4 unspecified atom stereocenters. The van der Waals surface area contributed by atoms with Crippen LogP contribution in [0, 0.1) is 22.7 Å². The van der Waals surface area contributed by atoms with Crippen LogP contribution in [0.4, 0.5) is 0 Å². The van der Waals surface area contributed by atoms with Crippen LogP contribution >= 0.6 is 0 Å². The summed E-state index contributed by atoms with van der Waals surface area (Å²) in [7, 11) is 0. The zero-order valence-corrected chi connectivity index (χ0v) is 14.5. The van der Waals surface area contributed by atoms with E-state index in [0.29, 0.717) is 12.3 Å². The number of rotatable bonds is 5. The van der Waals surface area contributed by atoms with Crippen LogP contribution in [-0.2, 0) is 9.53 Å². The number of carbonyl (C=O) groups is 1. The van der Waals surface area contributed by atoms with Crippen LogP contribution in [0.5, 0.6) is 0 Å². The van der Waals surface area contributed by atoms with Gasteiger partial charge in [0.05, 0.1) is 5.41 Å². The lowest BCUT2D eigenvalue weighted by molar-refractivity contribution is -0.187. The van der Waals surface area contributed by atoms with Gasteiger partial charge in [-0.1, -0.05) is 6.92 Å². The summed E-state index contributed by atoms with van der Waals surface area (Å²) < 4.78 is 5.95. The first-order valence-electron chi connectivity index (χ1n) is 8.63. The Morgan fingerprint density at radius 3 is 2.50 bits per heavy atom. The highest BCUT2D eigenvalue weighted by atomic mass is 16.6. The molecule has 2 aliphatic rings. The summed E-state index contributed by atoms with van der Waals surface area (Å²) in [5.74, 6) is 0.567. The number of esters is 1. The number of hydrogen-bond acceptors (Lipinski definition) is 4. The van der Waals surface area contributed by atoms with Crippen LogP contribution < -0.4 is 0 Å². The van der Waals surface area contributed by atoms with Crippen molar-refractivity contribution in [3.05, 3.63) is 0 Å². The number of fused-ring (bicyclic) bond motifs is 2. The molecule has 22 heavy (non-hydrogen) atoms. The van der Waals surface area contributed by atoms with Crippen molar-refractivity contribution in [1.82, 2.24) is 0 Å². The van der Waals surface area contributed by atoms with Crippen LogP contribution in [0.15, 0.2) is 0 Å². The van der Waals surface area contributed by atoms with Gasteiger partial charge in [-0.25, -0.2) is 0 Å². The first kappa shape index (κ1) is 17.7. The molecule has 0 aliphatic heterocycles. The van der Waals surface area contributed by atoms with Crippen LogP contribution in [0.25, 0.3) is 0 Å². The van der Waals surface area contributed by atoms with E-state index >= 15 is 0 Å². The molecule has 0 amide bonds. The SMILES string of the molecule is CCC(C)(C)C(=O)OC1(C)CC2CC(CO)CC(CO)(C2)C1. The van der Waals surface area contributed by atoms with Gasteiger partial charge in [-0.05, 0) is 76.5 Å². The molecule has 0 aromatic carbocycles. The van der Waals surface area contributed by atoms with Gasteiger partial charge >= 0.3 is 5.97 Å². The fourth-order valence-electron chi connectivity index (χ4n) is 4.63. The summed E-state index contributed by atoms with van der Waals surface area (Å²) in [6, 6.07) is 0. The number of hydrogen-bond donors (Lipinski definition) is 2. The maximum atomic E-state index is 12.5. The van der Waals surface area contributed by atoms with Gasteiger partial charge in [0.15, 0.2) is 0 Å². The maximum Gasteiger partial charge on any atom is 0.312 e. The van der Waals surface area contributed by atoms with E-state index in [2.05, 4.69) is 0 Å². The highest BCUT2D eigenvalue weighted by molar-refractivity contribution is 5.76. The summed E-state index contributed by atoms with van der Waals surface area (Å²) in [5, 5.41) is 19.5. The van der Waals surface area contributed by atoms with E-state index in [1.54, 1.807) is 0 Å². The van der Waals surface area contributed by atoms with Gasteiger partial charge in [-0.2, -0.15) is 0 Å². The molecule has 2 saturated carbocycles. The average Bonchev–Trinajstić information content (AvgIpc) is 2.45. The van der Waals surface area contributed by atoms with E-state index in [1.165, 1.54) is 0 Å². The number of aliphatic hydroxyl groups is 2. The predicted molar refractivity (Wildman–Crippen MR) is 85.2 cm³/mol. The Kier molecular flexibility index (Phi) is 4.94. The third kappa shape index (κ3) is 3.48. The number of carbonyl (C=O) groups excluding carboxylic acids is 1. The van der Waals surface area contributed by atoms with E-state index in [0.717, 1.165) is 32.1 Å². The van der Waals surface area contributed by atoms with Gasteiger partial charge < -0.3 is 14.9 Å². The van der Waals surface area contributed by atoms with Crippen LogP contribution in [-0.4, -0.2) is 35.0 Å². The molecule has 0 aromatic heterocycles. The zero-order chi connectivity index (χ0) is 16.6. The fourth-order valence-corrected chi connectivity index (χ4v) is 4.63. The molecule has 2 N–H and O–H groups in total. The number of ether oxygens (including phenoxy) is 1. The minimum absolute atomic E-state index is 0.115. The Morgan fingerprint density at radius 1 is 1.27 bits per heavy atom. The normalized spacial score (nSPS) is 38.6. The Balaban J connectivity index is 2.15. The monoisotopic (exact) mass is 312 g/mol. The van der Waals surface area contributed by atoms with E-state index in [1.807, 2.05) is 27.7 Å². The van der Waals surface area contributed by atoms with Gasteiger partial charge in [0.25, 0.3) is 0 Å². The van der Waals surface area contributed by atoms with Crippen molar-refractivity contribution < 1.29 is 19.7 Å². The van der Waals surface area contributed by atoms with Crippen molar-refractivity contribution in [3.63, 3.8) is 0 Å². The minimum atomic E-state index is -0.490. The second-order valence-electron chi connectivity index (χ2n) is 8.67. The van der Waals surface area contributed by atoms with E-state index < -0.39 is 11.0 Å². The molecule has 2 fully saturated rings. The topological polar surface area (TPSA) is 66.8 Å². The van der Waals surface area contributed by atoms with Crippen molar-refractivity contribution in [1.29, 1.82) is 0 Å². The zero-order valence-electron chi connectivity index (χ0n) is 14.5. The molecule has 4 heteroatoms. The summed E-state index contributed by atoms with van der Waals surface area (Å²) >= 11 is 0. The molecule has 2 bridgehead atoms. The molecule has 128 valence electrons. The molecular formula is C18H32O4. The first-order chi connectivity index (χ1) is 10.2. The highest BCUT2D eigenvalue weighted by Gasteiger charge is 2.52. The van der Waals surface area contributed by atoms with Crippen molar-refractivity contribution in [3.8, 4) is 0 Å². The third-order valence-corrected chi connectivity index (χ3v) is 5.95. The Morgan fingerprint density at radius 2 is 1.95 bits per heavy atom. The first-order valence-corrected chi connectivity index (χ1v) is 8.63. The highest BCUT2D eigenvalue weighted by Crippen LogP contribution is 2.55. The minimum Gasteiger partial charge on any atom is -0.459 e. The lowest BCUT2D eigenvalue weighted by atomic mass is 9.55. The summed E-state index contributed by atoms with van der Waals surface area (Å²) in [5.41, 5.74) is -1.15. The second-order valence-corrected chi connectivity index (χ2v) is 8.67. The standard InChI is InChI=1S/C18H32O4/c1-5-16(2,3)15(21)22-17(4)7-13-6-14(10-19)9-18(8-13,11-17)12-20/h13-14,19-20H,5-12H2,1-4H3. The van der Waals surface area contributed by atoms with E-state index in [-0.39, 0.29) is 30.5 Å². The van der Waals surface area contributed by atoms with Crippen molar-refractivity contribution >= 4 is 5.97 Å². The Hall–Kier alpha value is -0.610. The third-order valence-electron chi connectivity index (χ3n) is 5.95. The lowest BCUT2D eigenvalue weighted by Crippen LogP contribution is -2.52. The van der Waals surface area contributed by atoms with E-state index in [4.69, 9.17) is 4.74 Å². The quantitative estimate of drug-likeness (QED) is 0.766. The van der Waals surface area contributed by atoms with Gasteiger partial charge in [-0.15, -0.1) is 0 Å². The van der Waals surface area contributed by atoms with Gasteiger partial charge in [0.2, 0.25) is 0 Å². The van der Waals surface area contributed by atoms with Gasteiger partial charge in [0.1, 0.15) is 5.60 Å². The molecule has 4 nitrogen and oxygen atoms in total. The second kappa shape index (κ2) is 6.12. The lowest BCUT2D eigenvalue weighted by Gasteiger charge is -2.53. The molecule has 4 atom stereocenters. The fraction of sp³-hybridized carbons (Fsp3) is 0.944. The van der Waals surface area contributed by atoms with E-state index in [9.17, 15) is 15.0 Å². The predicted octanol–water partition coefficient (Wildman–Crippen LogP) is 2.91. The van der Waals surface area contributed by atoms with Gasteiger partial charge in [-0.3, -0.25) is 4.79 Å². The summed E-state index contributed by atoms with van der Waals surface area (Å²) in [4.78, 5) is 12.5. The molecule has 0 saturated heterocycles. The van der Waals surface area contributed by atoms with Crippen molar-refractivity contribution in [2.24, 2.45) is 22.7 Å². The largest absolute Gasteiger partial charge is 0.459 e. The molecule has 2 rings (SSSR count). The number of aliphatic hydroxyl groups excluding tert-OH is 2. The van der Waals surface area contributed by atoms with Crippen LogP contribution in [0.1, 0.15) is 66.2 Å². The molecule has 0 radical (unpaired) electrons. The van der Waals surface area contributed by atoms with Gasteiger partial charge in [0, 0.05) is 13.2 Å². The summed E-state index contributed by atoms with van der Waals surface area (Å²) in [6.45, 7) is 8.17. The molecule has 0 aromatic rings. The van der Waals surface area contributed by atoms with Crippen LogP contribution in [0.2, 0.25) is 0 Å². The summed E-state index contributed by atoms with van der Waals surface area (Å²) in [6.07, 6.45) is 5.10. The molecule has 0 heterocycles. The Bertz CT molecular complexity index is 419. The molecule has 0 spiro atoms. The smallest absolute Gasteiger partial charge is 0.312 e. The van der Waals surface area contributed by atoms with Crippen molar-refractivity contribution in [2.75, 3.05) is 13.2 Å². The Labute approximate surface area is 134 Å². The van der Waals surface area contributed by atoms with Crippen molar-refractivity contribution in [2.45, 2.75) is 71.8 Å². The average molecular weight is 312 g/mol. The molecular weight excluding hydrogens is 280 g/mol. The maximum absolute atomic E-state index is 12.5.